The van der Waals surface area contributed by atoms with E-state index in [0.29, 0.717) is 14.9 Å². The van der Waals surface area contributed by atoms with E-state index in [2.05, 4.69) is 5.32 Å². The largest absolute Gasteiger partial charge is 0.497 e. The van der Waals surface area contributed by atoms with Crippen LogP contribution < -0.4 is 10.1 Å². The van der Waals surface area contributed by atoms with E-state index in [0.717, 1.165) is 5.41 Å². The van der Waals surface area contributed by atoms with Gasteiger partial charge in [0.15, 0.2) is 0 Å². The highest BCUT2D eigenvalue weighted by Crippen LogP contribution is 2.16. The third kappa shape index (κ3) is 5.07. The van der Waals surface area contributed by atoms with Gasteiger partial charge in [-0.25, -0.2) is 8.42 Å². The van der Waals surface area contributed by atoms with Crippen molar-refractivity contribution in [2.45, 2.75) is 4.90 Å². The molecule has 2 rings (SSSR count). The minimum absolute atomic E-state index is 0.136. The van der Waals surface area contributed by atoms with Gasteiger partial charge in [-0.3, -0.25) is 4.79 Å². The molecule has 2 aromatic carbocycles. The first-order chi connectivity index (χ1) is 11.4. The number of carbonyl (C=O) groups is 1. The summed E-state index contributed by atoms with van der Waals surface area (Å²) in [6, 6.07) is 14.8. The van der Waals surface area contributed by atoms with Crippen molar-refractivity contribution < 1.29 is 17.9 Å². The number of sulfone groups is 1. The molecule has 0 aliphatic heterocycles. The van der Waals surface area contributed by atoms with Crippen LogP contribution in [0.3, 0.4) is 0 Å². The van der Waals surface area contributed by atoms with E-state index in [1.165, 1.54) is 12.1 Å². The minimum atomic E-state index is -3.52. The number of halogens is 1. The maximum absolute atomic E-state index is 12.2. The topological polar surface area (TPSA) is 72.5 Å². The van der Waals surface area contributed by atoms with E-state index in [9.17, 15) is 13.2 Å². The lowest BCUT2D eigenvalue weighted by Gasteiger charge is -2.06. The predicted octanol–water partition coefficient (Wildman–Crippen LogP) is 3.18. The Bertz CT molecular complexity index is 831. The minimum Gasteiger partial charge on any atom is -0.497 e. The molecule has 0 atom stereocenters. The zero-order chi connectivity index (χ0) is 17.6. The van der Waals surface area contributed by atoms with Crippen LogP contribution in [0.4, 0.5) is 0 Å². The fraction of sp³-hybridized carbons (Fsp3) is 0.118. The van der Waals surface area contributed by atoms with Crippen LogP contribution in [0.2, 0.25) is 0 Å². The molecule has 1 N–H and O–H groups in total. The summed E-state index contributed by atoms with van der Waals surface area (Å²) in [5.41, 5.74) is 0.478. The smallest absolute Gasteiger partial charge is 0.251 e. The van der Waals surface area contributed by atoms with Crippen LogP contribution in [0.15, 0.2) is 68.5 Å². The summed E-state index contributed by atoms with van der Waals surface area (Å²) in [7, 11) is -1.97. The molecule has 0 spiro atoms. The molecule has 24 heavy (non-hydrogen) atoms. The van der Waals surface area contributed by atoms with E-state index in [1.807, 2.05) is 22.6 Å². The van der Waals surface area contributed by atoms with Crippen molar-refractivity contribution in [1.82, 2.24) is 5.32 Å². The Balaban J connectivity index is 2.01. The van der Waals surface area contributed by atoms with E-state index in [-0.39, 0.29) is 17.3 Å². The molecule has 1 amide bonds. The highest BCUT2D eigenvalue weighted by Gasteiger charge is 2.12. The number of hydrogen-bond donors (Lipinski definition) is 1. The first-order valence-electron chi connectivity index (χ1n) is 7.01. The van der Waals surface area contributed by atoms with Crippen molar-refractivity contribution in [3.63, 3.8) is 0 Å². The van der Waals surface area contributed by atoms with Gasteiger partial charge in [-0.15, -0.1) is 0 Å². The molecule has 0 radical (unpaired) electrons. The van der Waals surface area contributed by atoms with Crippen molar-refractivity contribution in [3.8, 4) is 5.75 Å². The van der Waals surface area contributed by atoms with E-state index < -0.39 is 9.84 Å². The molecule has 0 heterocycles. The Morgan fingerprint density at radius 1 is 1.12 bits per heavy atom. The summed E-state index contributed by atoms with van der Waals surface area (Å²) < 4.78 is 30.0. The van der Waals surface area contributed by atoms with Gasteiger partial charge < -0.3 is 10.1 Å². The zero-order valence-electron chi connectivity index (χ0n) is 12.9. The second-order valence-corrected chi connectivity index (χ2v) is 8.02. The van der Waals surface area contributed by atoms with Gasteiger partial charge >= 0.3 is 0 Å². The average Bonchev–Trinajstić information content (AvgIpc) is 2.60. The van der Waals surface area contributed by atoms with Gasteiger partial charge in [0, 0.05) is 21.1 Å². The molecule has 5 nitrogen and oxygen atoms in total. The van der Waals surface area contributed by atoms with Gasteiger partial charge in [0.1, 0.15) is 5.75 Å². The number of methoxy groups -OCH3 is 1. The van der Waals surface area contributed by atoms with Crippen molar-refractivity contribution in [1.29, 1.82) is 0 Å². The predicted molar refractivity (Wildman–Crippen MR) is 101 cm³/mol. The Morgan fingerprint density at radius 2 is 1.75 bits per heavy atom. The zero-order valence-corrected chi connectivity index (χ0v) is 15.9. The number of amides is 1. The molecule has 0 unspecified atom stereocenters. The fourth-order valence-corrected chi connectivity index (χ4v) is 4.18. The van der Waals surface area contributed by atoms with E-state index >= 15 is 0 Å². The first kappa shape index (κ1) is 18.5. The molecular formula is C17H16INO4S. The number of carbonyl (C=O) groups excluding carboxylic acids is 1. The Labute approximate surface area is 154 Å². The number of nitrogens with one attached hydrogen (secondary N) is 1. The van der Waals surface area contributed by atoms with Gasteiger partial charge in [-0.1, -0.05) is 18.2 Å². The summed E-state index contributed by atoms with van der Waals surface area (Å²) in [5.74, 6) is 0.382. The Hall–Kier alpha value is -1.87. The van der Waals surface area contributed by atoms with Crippen LogP contribution in [0.25, 0.3) is 0 Å². The second kappa shape index (κ2) is 8.29. The van der Waals surface area contributed by atoms with E-state index in [4.69, 9.17) is 4.74 Å². The highest BCUT2D eigenvalue weighted by molar-refractivity contribution is 14.1. The molecule has 0 saturated heterocycles. The molecule has 126 valence electrons. The lowest BCUT2D eigenvalue weighted by molar-refractivity contribution is 0.0958. The first-order valence-corrected chi connectivity index (χ1v) is 9.63. The summed E-state index contributed by atoms with van der Waals surface area (Å²) >= 11 is 1.90. The monoisotopic (exact) mass is 457 g/mol. The Kier molecular flexibility index (Phi) is 6.38. The molecule has 2 aromatic rings. The second-order valence-electron chi connectivity index (χ2n) is 4.83. The van der Waals surface area contributed by atoms with E-state index in [1.54, 1.807) is 49.6 Å². The van der Waals surface area contributed by atoms with Crippen LogP contribution in [0, 0.1) is 0 Å². The van der Waals surface area contributed by atoms with Gasteiger partial charge in [0.2, 0.25) is 9.84 Å². The molecule has 0 saturated carbocycles. The third-order valence-electron chi connectivity index (χ3n) is 3.12. The average molecular weight is 457 g/mol. The van der Waals surface area contributed by atoms with Crippen LogP contribution in [0.5, 0.6) is 5.75 Å². The van der Waals surface area contributed by atoms with Crippen molar-refractivity contribution in [2.24, 2.45) is 0 Å². The number of benzene rings is 2. The number of rotatable bonds is 6. The van der Waals surface area contributed by atoms with Gasteiger partial charge in [0.05, 0.1) is 12.0 Å². The molecule has 0 aromatic heterocycles. The molecule has 0 fully saturated rings. The lowest BCUT2D eigenvalue weighted by Crippen LogP contribution is -2.24. The quantitative estimate of drug-likeness (QED) is 0.677. The van der Waals surface area contributed by atoms with Crippen LogP contribution in [-0.2, 0) is 9.84 Å². The van der Waals surface area contributed by atoms with Crippen LogP contribution in [0.1, 0.15) is 10.4 Å². The number of hydrogen-bond acceptors (Lipinski definition) is 4. The van der Waals surface area contributed by atoms with Gasteiger partial charge in [-0.05, 0) is 59.0 Å². The maximum atomic E-state index is 12.2. The molecule has 0 bridgehead atoms. The normalized spacial score (nSPS) is 11.8. The van der Waals surface area contributed by atoms with Gasteiger partial charge in [-0.2, -0.15) is 0 Å². The summed E-state index contributed by atoms with van der Waals surface area (Å²) in [5, 5.41) is 3.85. The Morgan fingerprint density at radius 3 is 2.33 bits per heavy atom. The van der Waals surface area contributed by atoms with Gasteiger partial charge in [0.25, 0.3) is 5.91 Å². The van der Waals surface area contributed by atoms with Crippen LogP contribution in [-0.4, -0.2) is 28.0 Å². The van der Waals surface area contributed by atoms with Crippen molar-refractivity contribution in [3.05, 3.63) is 69.1 Å². The highest BCUT2D eigenvalue weighted by atomic mass is 127. The maximum Gasteiger partial charge on any atom is 0.251 e. The van der Waals surface area contributed by atoms with Crippen molar-refractivity contribution in [2.75, 3.05) is 13.7 Å². The lowest BCUT2D eigenvalue weighted by atomic mass is 10.2. The SMILES string of the molecule is COc1ccc(C(=O)NC/C(I)=C\S(=O)(=O)c2ccccc2)cc1. The molecule has 0 aliphatic carbocycles. The standard InChI is InChI=1S/C17H16INO4S/c1-23-15-9-7-13(8-10-15)17(20)19-11-14(18)12-24(21,22)16-5-3-2-4-6-16/h2-10,12H,11H2,1H3,(H,19,20)/b14-12+. The fourth-order valence-electron chi connectivity index (χ4n) is 1.90. The van der Waals surface area contributed by atoms with Crippen LogP contribution >= 0.6 is 22.6 Å². The third-order valence-corrected chi connectivity index (χ3v) is 5.76. The molecule has 7 heteroatoms. The van der Waals surface area contributed by atoms with Crippen molar-refractivity contribution >= 4 is 38.3 Å². The summed E-state index contributed by atoms with van der Waals surface area (Å²) in [6.07, 6.45) is 0. The summed E-state index contributed by atoms with van der Waals surface area (Å²) in [4.78, 5) is 12.3. The summed E-state index contributed by atoms with van der Waals surface area (Å²) in [6.45, 7) is 0.136. The molecule has 0 aliphatic rings. The molecular weight excluding hydrogens is 441 g/mol. The number of ether oxygens (including phenoxy) is 1.